The van der Waals surface area contributed by atoms with Crippen molar-refractivity contribution in [2.45, 2.75) is 86.6 Å². The van der Waals surface area contributed by atoms with E-state index in [1.807, 2.05) is 34.6 Å². The van der Waals surface area contributed by atoms with Gasteiger partial charge in [0.25, 0.3) is 0 Å². The molecule has 0 radical (unpaired) electrons. The summed E-state index contributed by atoms with van der Waals surface area (Å²) in [4.78, 5) is 16.0. The average molecular weight is 440 g/mol. The Kier molecular flexibility index (Phi) is 17.5. The fraction of sp³-hybridized carbons (Fsp3) is 0.500. The van der Waals surface area contributed by atoms with Gasteiger partial charge in [-0.05, 0) is 39.7 Å². The summed E-state index contributed by atoms with van der Waals surface area (Å²) in [5, 5.41) is 2.94. The molecule has 0 aliphatic rings. The summed E-state index contributed by atoms with van der Waals surface area (Å²) >= 11 is 0. The second-order valence-electron chi connectivity index (χ2n) is 7.29. The number of amides is 1. The molecule has 4 nitrogen and oxygen atoms in total. The molecule has 32 heavy (non-hydrogen) atoms. The van der Waals surface area contributed by atoms with E-state index < -0.39 is 0 Å². The van der Waals surface area contributed by atoms with Crippen LogP contribution in [0.25, 0.3) is 17.3 Å². The van der Waals surface area contributed by atoms with Crippen LogP contribution in [0.4, 0.5) is 0 Å². The Morgan fingerprint density at radius 2 is 1.66 bits per heavy atom. The summed E-state index contributed by atoms with van der Waals surface area (Å²) in [7, 11) is 0. The van der Waals surface area contributed by atoms with Gasteiger partial charge < -0.3 is 9.88 Å². The Balaban J connectivity index is 0.00000177. The molecule has 1 amide bonds. The van der Waals surface area contributed by atoms with E-state index in [0.717, 1.165) is 37.4 Å². The van der Waals surface area contributed by atoms with Crippen molar-refractivity contribution < 1.29 is 4.79 Å². The molecule has 0 unspecified atom stereocenters. The van der Waals surface area contributed by atoms with Crippen molar-refractivity contribution in [1.82, 2.24) is 14.9 Å². The molecule has 0 atom stereocenters. The smallest absolute Gasteiger partial charge is 0.219 e. The normalized spacial score (nSPS) is 10.1. The maximum atomic E-state index is 11.2. The Bertz CT molecular complexity index is 775. The standard InChI is InChI=1S/C23H33N3O.C3H6.C2H6/c1-4-14-21-23(20-15-10-9-11-16-20)26(19(3)25-21)18-13-8-6-7-12-17-24-22(27)5-2;1-3-2;1-2/h4,9-11,14-16H,5-8,12-13,17-18H2,1-3H3,(H,24,27);3H,1H2,2H3;1-2H3/b14-4+;;. The van der Waals surface area contributed by atoms with Crippen molar-refractivity contribution in [2.75, 3.05) is 6.54 Å². The minimum atomic E-state index is 0.149. The zero-order chi connectivity index (χ0) is 24.2. The minimum absolute atomic E-state index is 0.149. The van der Waals surface area contributed by atoms with Crippen molar-refractivity contribution in [2.24, 2.45) is 0 Å². The highest BCUT2D eigenvalue weighted by Crippen LogP contribution is 2.27. The topological polar surface area (TPSA) is 46.9 Å². The predicted octanol–water partition coefficient (Wildman–Crippen LogP) is 7.59. The highest BCUT2D eigenvalue weighted by atomic mass is 16.1. The number of nitrogens with one attached hydrogen (secondary N) is 1. The third kappa shape index (κ3) is 11.1. The van der Waals surface area contributed by atoms with Crippen LogP contribution in [0.2, 0.25) is 0 Å². The van der Waals surface area contributed by atoms with Crippen LogP contribution >= 0.6 is 0 Å². The zero-order valence-electron chi connectivity index (χ0n) is 21.3. The fourth-order valence-corrected chi connectivity index (χ4v) is 3.31. The number of carbonyl (C=O) groups excluding carboxylic acids is 1. The quantitative estimate of drug-likeness (QED) is 0.289. The number of hydrogen-bond donors (Lipinski definition) is 1. The fourth-order valence-electron chi connectivity index (χ4n) is 3.31. The van der Waals surface area contributed by atoms with Crippen LogP contribution in [0.3, 0.4) is 0 Å². The van der Waals surface area contributed by atoms with E-state index in [-0.39, 0.29) is 5.91 Å². The van der Waals surface area contributed by atoms with Crippen LogP contribution in [-0.4, -0.2) is 22.0 Å². The molecule has 1 N–H and O–H groups in total. The maximum absolute atomic E-state index is 11.2. The molecule has 0 bridgehead atoms. The van der Waals surface area contributed by atoms with Gasteiger partial charge in [0, 0.05) is 25.1 Å². The second-order valence-corrected chi connectivity index (χ2v) is 7.29. The molecular formula is C28H45N3O. The van der Waals surface area contributed by atoms with E-state index in [0.29, 0.717) is 6.42 Å². The molecule has 2 aromatic rings. The van der Waals surface area contributed by atoms with Crippen molar-refractivity contribution in [3.63, 3.8) is 0 Å². The van der Waals surface area contributed by atoms with Crippen LogP contribution in [0.5, 0.6) is 0 Å². The van der Waals surface area contributed by atoms with E-state index in [2.05, 4.69) is 65.9 Å². The number of unbranched alkanes of at least 4 members (excludes halogenated alkanes) is 4. The Labute approximate surface area is 196 Å². The van der Waals surface area contributed by atoms with Gasteiger partial charge in [-0.1, -0.05) is 82.5 Å². The highest BCUT2D eigenvalue weighted by molar-refractivity contribution is 5.75. The molecular weight excluding hydrogens is 394 g/mol. The third-order valence-electron chi connectivity index (χ3n) is 4.76. The third-order valence-corrected chi connectivity index (χ3v) is 4.76. The number of hydrogen-bond acceptors (Lipinski definition) is 2. The Morgan fingerprint density at radius 1 is 1.06 bits per heavy atom. The number of benzene rings is 1. The first-order valence-corrected chi connectivity index (χ1v) is 12.2. The first-order valence-electron chi connectivity index (χ1n) is 12.2. The summed E-state index contributed by atoms with van der Waals surface area (Å²) in [6, 6.07) is 10.5. The molecule has 0 aliphatic carbocycles. The van der Waals surface area contributed by atoms with Gasteiger partial charge in [0.05, 0.1) is 11.4 Å². The first-order chi connectivity index (χ1) is 15.6. The van der Waals surface area contributed by atoms with Crippen molar-refractivity contribution >= 4 is 12.0 Å². The van der Waals surface area contributed by atoms with Crippen LogP contribution < -0.4 is 5.32 Å². The number of imidazole rings is 1. The lowest BCUT2D eigenvalue weighted by Crippen LogP contribution is -2.23. The molecule has 2 rings (SSSR count). The van der Waals surface area contributed by atoms with E-state index in [1.54, 1.807) is 6.08 Å². The molecule has 0 aliphatic heterocycles. The SMILES string of the molecule is C/C=C/c1nc(C)n(CCCCCCCNC(=O)CC)c1-c1ccccc1.C=CC.CC. The first kappa shape index (κ1) is 29.4. The lowest BCUT2D eigenvalue weighted by atomic mass is 10.1. The van der Waals surface area contributed by atoms with Gasteiger partial charge in [0.15, 0.2) is 0 Å². The average Bonchev–Trinajstić information content (AvgIpc) is 3.12. The number of nitrogens with zero attached hydrogens (tertiary/aromatic N) is 2. The second kappa shape index (κ2) is 19.1. The van der Waals surface area contributed by atoms with Crippen molar-refractivity contribution in [3.8, 4) is 11.3 Å². The van der Waals surface area contributed by atoms with E-state index in [9.17, 15) is 4.79 Å². The van der Waals surface area contributed by atoms with Gasteiger partial charge >= 0.3 is 0 Å². The summed E-state index contributed by atoms with van der Waals surface area (Å²) < 4.78 is 2.35. The summed E-state index contributed by atoms with van der Waals surface area (Å²) in [6.07, 6.45) is 12.3. The van der Waals surface area contributed by atoms with Crippen LogP contribution in [-0.2, 0) is 11.3 Å². The van der Waals surface area contributed by atoms with E-state index in [4.69, 9.17) is 4.98 Å². The Hall–Kier alpha value is -2.62. The molecule has 1 aromatic carbocycles. The monoisotopic (exact) mass is 439 g/mol. The van der Waals surface area contributed by atoms with Crippen LogP contribution in [0.15, 0.2) is 49.1 Å². The summed E-state index contributed by atoms with van der Waals surface area (Å²) in [5.41, 5.74) is 3.49. The molecule has 0 saturated carbocycles. The van der Waals surface area contributed by atoms with E-state index >= 15 is 0 Å². The highest BCUT2D eigenvalue weighted by Gasteiger charge is 2.14. The number of carbonyl (C=O) groups is 1. The van der Waals surface area contributed by atoms with Gasteiger partial charge in [-0.2, -0.15) is 0 Å². The maximum Gasteiger partial charge on any atom is 0.219 e. The molecule has 178 valence electrons. The lowest BCUT2D eigenvalue weighted by molar-refractivity contribution is -0.120. The van der Waals surface area contributed by atoms with Gasteiger partial charge in [-0.3, -0.25) is 4.79 Å². The predicted molar refractivity (Wildman–Crippen MR) is 141 cm³/mol. The molecule has 0 saturated heterocycles. The minimum Gasteiger partial charge on any atom is -0.356 e. The van der Waals surface area contributed by atoms with Gasteiger partial charge in [-0.15, -0.1) is 6.58 Å². The number of rotatable bonds is 11. The van der Waals surface area contributed by atoms with E-state index in [1.165, 1.54) is 30.5 Å². The molecule has 1 aromatic heterocycles. The Morgan fingerprint density at radius 3 is 2.25 bits per heavy atom. The summed E-state index contributed by atoms with van der Waals surface area (Å²) in [6.45, 7) is 17.1. The van der Waals surface area contributed by atoms with Gasteiger partial charge in [-0.25, -0.2) is 4.98 Å². The molecule has 1 heterocycles. The van der Waals surface area contributed by atoms with Crippen LogP contribution in [0.1, 0.15) is 84.7 Å². The summed E-state index contributed by atoms with van der Waals surface area (Å²) in [5.74, 6) is 1.22. The molecule has 4 heteroatoms. The zero-order valence-corrected chi connectivity index (χ0v) is 21.3. The molecule has 0 spiro atoms. The van der Waals surface area contributed by atoms with Crippen molar-refractivity contribution in [3.05, 3.63) is 60.6 Å². The molecule has 0 fully saturated rings. The van der Waals surface area contributed by atoms with Crippen molar-refractivity contribution in [1.29, 1.82) is 0 Å². The number of aryl methyl sites for hydroxylation is 1. The largest absolute Gasteiger partial charge is 0.356 e. The number of allylic oxidation sites excluding steroid dienone is 2. The lowest BCUT2D eigenvalue weighted by Gasteiger charge is -2.11. The van der Waals surface area contributed by atoms with Gasteiger partial charge in [0.2, 0.25) is 5.91 Å². The van der Waals surface area contributed by atoms with Gasteiger partial charge in [0.1, 0.15) is 5.82 Å². The van der Waals surface area contributed by atoms with Crippen LogP contribution in [0, 0.1) is 6.92 Å². The number of aromatic nitrogens is 2.